The van der Waals surface area contributed by atoms with Crippen LogP contribution in [0.1, 0.15) is 15.2 Å². The van der Waals surface area contributed by atoms with Crippen LogP contribution in [0, 0.1) is 5.82 Å². The number of nitrogens with one attached hydrogen (secondary N) is 1. The number of rotatable bonds is 5. The number of hydrogen-bond acceptors (Lipinski definition) is 3. The Morgan fingerprint density at radius 2 is 1.76 bits per heavy atom. The third-order valence-electron chi connectivity index (χ3n) is 3.22. The van der Waals surface area contributed by atoms with Crippen LogP contribution in [0.4, 0.5) is 10.1 Å². The lowest BCUT2D eigenvalue weighted by atomic mass is 10.3. The van der Waals surface area contributed by atoms with Crippen LogP contribution in [-0.2, 0) is 6.61 Å². The maximum absolute atomic E-state index is 12.9. The van der Waals surface area contributed by atoms with Gasteiger partial charge in [-0.2, -0.15) is 0 Å². The summed E-state index contributed by atoms with van der Waals surface area (Å²) in [5.41, 5.74) is 1.38. The number of thiophene rings is 1. The molecule has 0 radical (unpaired) electrons. The van der Waals surface area contributed by atoms with Crippen LogP contribution in [0.2, 0.25) is 10.0 Å². The van der Waals surface area contributed by atoms with Crippen LogP contribution in [0.3, 0.4) is 0 Å². The summed E-state index contributed by atoms with van der Waals surface area (Å²) in [5.74, 6) is -0.00787. The van der Waals surface area contributed by atoms with Gasteiger partial charge in [0.2, 0.25) is 0 Å². The number of carbonyl (C=O) groups is 1. The molecule has 1 N–H and O–H groups in total. The van der Waals surface area contributed by atoms with Crippen LogP contribution >= 0.6 is 34.5 Å². The molecule has 1 aromatic heterocycles. The van der Waals surface area contributed by atoms with Gasteiger partial charge in [-0.15, -0.1) is 11.3 Å². The molecule has 0 aliphatic carbocycles. The number of ether oxygens (including phenoxy) is 1. The molecule has 0 bridgehead atoms. The molecule has 3 nitrogen and oxygen atoms in total. The van der Waals surface area contributed by atoms with Crippen LogP contribution < -0.4 is 10.1 Å². The predicted octanol–water partition coefficient (Wildman–Crippen LogP) is 6.03. The molecule has 0 saturated carbocycles. The highest BCUT2D eigenvalue weighted by atomic mass is 35.5. The first-order valence-electron chi connectivity index (χ1n) is 7.23. The van der Waals surface area contributed by atoms with E-state index in [9.17, 15) is 9.18 Å². The average molecular weight is 396 g/mol. The summed E-state index contributed by atoms with van der Waals surface area (Å²) in [6.45, 7) is 0.290. The number of carbonyl (C=O) groups excluding carboxylic acids is 1. The van der Waals surface area contributed by atoms with Crippen molar-refractivity contribution in [2.24, 2.45) is 0 Å². The summed E-state index contributed by atoms with van der Waals surface area (Å²) in [7, 11) is 0. The molecular weight excluding hydrogens is 384 g/mol. The molecule has 3 aromatic rings. The Morgan fingerprint density at radius 3 is 2.44 bits per heavy atom. The zero-order valence-electron chi connectivity index (χ0n) is 12.8. The highest BCUT2D eigenvalue weighted by Gasteiger charge is 2.11. The molecular formula is C18H12Cl2FNO2S. The minimum atomic E-state index is -0.317. The average Bonchev–Trinajstić information content (AvgIpc) is 3.02. The first kappa shape index (κ1) is 17.7. The minimum Gasteiger partial charge on any atom is -0.489 e. The van der Waals surface area contributed by atoms with Gasteiger partial charge in [0.15, 0.2) is 0 Å². The van der Waals surface area contributed by atoms with Crippen molar-refractivity contribution < 1.29 is 13.9 Å². The molecule has 1 heterocycles. The topological polar surface area (TPSA) is 38.3 Å². The van der Waals surface area contributed by atoms with Crippen molar-refractivity contribution in [3.05, 3.63) is 80.2 Å². The van der Waals surface area contributed by atoms with Crippen LogP contribution in [0.25, 0.3) is 0 Å². The molecule has 0 aliphatic heterocycles. The second-order valence-electron chi connectivity index (χ2n) is 5.17. The van der Waals surface area contributed by atoms with E-state index in [0.29, 0.717) is 33.0 Å². The lowest BCUT2D eigenvalue weighted by molar-refractivity contribution is 0.103. The zero-order chi connectivity index (χ0) is 17.8. The fourth-order valence-electron chi connectivity index (χ4n) is 2.09. The first-order valence-corrected chi connectivity index (χ1v) is 8.86. The van der Waals surface area contributed by atoms with Crippen LogP contribution in [-0.4, -0.2) is 5.91 Å². The fourth-order valence-corrected chi connectivity index (χ4v) is 3.40. The molecule has 7 heteroatoms. The summed E-state index contributed by atoms with van der Waals surface area (Å²) in [6.07, 6.45) is 0. The summed E-state index contributed by atoms with van der Waals surface area (Å²) in [5, 5.41) is 5.48. The van der Waals surface area contributed by atoms with E-state index < -0.39 is 0 Å². The Bertz CT molecular complexity index is 876. The van der Waals surface area contributed by atoms with Gasteiger partial charge in [-0.3, -0.25) is 4.79 Å². The van der Waals surface area contributed by atoms with Crippen LogP contribution in [0.5, 0.6) is 5.75 Å². The summed E-state index contributed by atoms with van der Waals surface area (Å²) >= 11 is 13.1. The SMILES string of the molecule is O=C(Nc1cc(Cl)cc(Cl)c1)c1cc(COc2ccc(F)cc2)cs1. The molecule has 0 saturated heterocycles. The van der Waals surface area contributed by atoms with E-state index in [1.54, 1.807) is 36.4 Å². The molecule has 0 unspecified atom stereocenters. The standard InChI is InChI=1S/C18H12Cl2FNO2S/c19-12-6-13(20)8-15(7-12)22-18(23)17-5-11(10-25-17)9-24-16-3-1-14(21)2-4-16/h1-8,10H,9H2,(H,22,23). The molecule has 0 spiro atoms. The Hall–Kier alpha value is -2.08. The van der Waals surface area contributed by atoms with Crippen molar-refractivity contribution in [3.8, 4) is 5.75 Å². The Balaban J connectivity index is 1.62. The maximum atomic E-state index is 12.9. The Kier molecular flexibility index (Phi) is 5.58. The largest absolute Gasteiger partial charge is 0.489 e. The van der Waals surface area contributed by atoms with Gasteiger partial charge in [-0.25, -0.2) is 4.39 Å². The first-order chi connectivity index (χ1) is 12.0. The molecule has 0 aliphatic rings. The Labute approximate surface area is 158 Å². The molecule has 0 fully saturated rings. The Morgan fingerprint density at radius 1 is 1.08 bits per heavy atom. The minimum absolute atomic E-state index is 0.253. The maximum Gasteiger partial charge on any atom is 0.265 e. The molecule has 1 amide bonds. The van der Waals surface area contributed by atoms with Crippen molar-refractivity contribution in [2.45, 2.75) is 6.61 Å². The van der Waals surface area contributed by atoms with Gasteiger partial charge in [0.1, 0.15) is 18.2 Å². The van der Waals surface area contributed by atoms with Gasteiger partial charge in [0, 0.05) is 21.3 Å². The number of anilines is 1. The predicted molar refractivity (Wildman–Crippen MR) is 99.5 cm³/mol. The van der Waals surface area contributed by atoms with E-state index in [1.165, 1.54) is 23.5 Å². The number of halogens is 3. The van der Waals surface area contributed by atoms with E-state index in [-0.39, 0.29) is 11.7 Å². The van der Waals surface area contributed by atoms with Crippen LogP contribution in [0.15, 0.2) is 53.9 Å². The van der Waals surface area contributed by atoms with Gasteiger partial charge in [-0.1, -0.05) is 23.2 Å². The number of amides is 1. The molecule has 128 valence electrons. The van der Waals surface area contributed by atoms with Crippen molar-refractivity contribution in [1.29, 1.82) is 0 Å². The van der Waals surface area contributed by atoms with Gasteiger partial charge >= 0.3 is 0 Å². The summed E-state index contributed by atoms with van der Waals surface area (Å²) in [4.78, 5) is 12.8. The van der Waals surface area contributed by atoms with E-state index in [2.05, 4.69) is 5.32 Å². The van der Waals surface area contributed by atoms with Crippen molar-refractivity contribution in [2.75, 3.05) is 5.32 Å². The van der Waals surface area contributed by atoms with E-state index in [0.717, 1.165) is 5.56 Å². The molecule has 2 aromatic carbocycles. The molecule has 0 atom stereocenters. The summed E-state index contributed by atoms with van der Waals surface area (Å²) in [6, 6.07) is 12.4. The highest BCUT2D eigenvalue weighted by Crippen LogP contribution is 2.24. The lowest BCUT2D eigenvalue weighted by Crippen LogP contribution is -2.10. The number of benzene rings is 2. The summed E-state index contributed by atoms with van der Waals surface area (Å²) < 4.78 is 18.4. The monoisotopic (exact) mass is 395 g/mol. The molecule has 25 heavy (non-hydrogen) atoms. The van der Waals surface area contributed by atoms with E-state index >= 15 is 0 Å². The number of hydrogen-bond donors (Lipinski definition) is 1. The van der Waals surface area contributed by atoms with E-state index in [4.69, 9.17) is 27.9 Å². The van der Waals surface area contributed by atoms with Crippen molar-refractivity contribution in [1.82, 2.24) is 0 Å². The third kappa shape index (κ3) is 4.95. The van der Waals surface area contributed by atoms with E-state index in [1.807, 2.05) is 5.38 Å². The molecule has 3 rings (SSSR count). The normalized spacial score (nSPS) is 10.5. The highest BCUT2D eigenvalue weighted by molar-refractivity contribution is 7.12. The zero-order valence-corrected chi connectivity index (χ0v) is 15.1. The smallest absolute Gasteiger partial charge is 0.265 e. The fraction of sp³-hybridized carbons (Fsp3) is 0.0556. The van der Waals surface area contributed by atoms with Gasteiger partial charge in [0.25, 0.3) is 5.91 Å². The quantitative estimate of drug-likeness (QED) is 0.572. The van der Waals surface area contributed by atoms with Crippen molar-refractivity contribution in [3.63, 3.8) is 0 Å². The second kappa shape index (κ2) is 7.87. The third-order valence-corrected chi connectivity index (χ3v) is 4.63. The lowest BCUT2D eigenvalue weighted by Gasteiger charge is -2.05. The van der Waals surface area contributed by atoms with Gasteiger partial charge in [-0.05, 0) is 53.9 Å². The van der Waals surface area contributed by atoms with Gasteiger partial charge < -0.3 is 10.1 Å². The van der Waals surface area contributed by atoms with Gasteiger partial charge in [0.05, 0.1) is 4.88 Å². The van der Waals surface area contributed by atoms with Crippen molar-refractivity contribution >= 4 is 46.1 Å². The second-order valence-corrected chi connectivity index (χ2v) is 6.96.